The molecule has 1 N–H and O–H groups in total. The van der Waals surface area contributed by atoms with Crippen LogP contribution < -0.4 is 14.9 Å². The number of carbonyl (C=O) groups is 1. The number of rotatable bonds is 8. The smallest absolute Gasteiger partial charge is 0.271 e. The van der Waals surface area contributed by atoms with Gasteiger partial charge >= 0.3 is 0 Å². The summed E-state index contributed by atoms with van der Waals surface area (Å²) in [7, 11) is 1.56. The molecule has 0 saturated carbocycles. The first kappa shape index (κ1) is 23.4. The van der Waals surface area contributed by atoms with Gasteiger partial charge in [0.05, 0.1) is 27.2 Å². The molecule has 0 heterocycles. The van der Waals surface area contributed by atoms with Crippen molar-refractivity contribution < 1.29 is 19.2 Å². The normalized spacial score (nSPS) is 10.7. The third-order valence-corrected chi connectivity index (χ3v) is 5.46. The highest BCUT2D eigenvalue weighted by Crippen LogP contribution is 2.35. The van der Waals surface area contributed by atoms with Gasteiger partial charge in [0, 0.05) is 17.7 Å². The van der Waals surface area contributed by atoms with Crippen molar-refractivity contribution >= 4 is 49.7 Å². The Kier molecular flexibility index (Phi) is 7.96. The van der Waals surface area contributed by atoms with Gasteiger partial charge in [-0.05, 0) is 91.5 Å². The van der Waals surface area contributed by atoms with Crippen LogP contribution in [0.25, 0.3) is 0 Å². The lowest BCUT2D eigenvalue weighted by atomic mass is 10.2. The van der Waals surface area contributed by atoms with E-state index in [9.17, 15) is 14.9 Å². The molecule has 0 atom stereocenters. The molecule has 0 unspecified atom stereocenters. The van der Waals surface area contributed by atoms with Crippen molar-refractivity contribution in [2.45, 2.75) is 6.61 Å². The summed E-state index contributed by atoms with van der Waals surface area (Å²) in [6, 6.07) is 16.4. The average Bonchev–Trinajstić information content (AvgIpc) is 2.78. The molecule has 1 amide bonds. The number of hydrazone groups is 1. The molecule has 0 radical (unpaired) electrons. The van der Waals surface area contributed by atoms with Crippen molar-refractivity contribution in [3.05, 3.63) is 96.4 Å². The SMILES string of the molecule is COc1ccc(C(=O)N/N=C\c2cc(Br)c(OCc3ccc([N+](=O)[O-])cc3)c(Br)c2)cc1. The maximum atomic E-state index is 12.2. The Hall–Kier alpha value is -3.24. The standard InChI is InChI=1S/C22H17Br2N3O5/c1-31-18-8-4-16(5-9-18)22(28)26-25-12-15-10-19(23)21(20(24)11-15)32-13-14-2-6-17(7-3-14)27(29)30/h2-12H,13H2,1H3,(H,26,28)/b25-12-. The number of hydrogen-bond donors (Lipinski definition) is 1. The highest BCUT2D eigenvalue weighted by Gasteiger charge is 2.10. The number of nitro benzene ring substituents is 1. The van der Waals surface area contributed by atoms with Gasteiger partial charge in [-0.25, -0.2) is 5.43 Å². The van der Waals surface area contributed by atoms with Crippen molar-refractivity contribution in [1.29, 1.82) is 0 Å². The second-order valence-corrected chi connectivity index (χ2v) is 8.16. The Bertz CT molecular complexity index is 1130. The minimum Gasteiger partial charge on any atom is -0.497 e. The molecule has 0 aromatic heterocycles. The number of nitro groups is 1. The second kappa shape index (κ2) is 10.9. The molecule has 0 spiro atoms. The van der Waals surface area contributed by atoms with Gasteiger partial charge in [0.1, 0.15) is 18.1 Å². The summed E-state index contributed by atoms with van der Waals surface area (Å²) in [5.74, 6) is 0.892. The van der Waals surface area contributed by atoms with Crippen LogP contribution in [0.2, 0.25) is 0 Å². The van der Waals surface area contributed by atoms with E-state index in [1.165, 1.54) is 18.3 Å². The van der Waals surface area contributed by atoms with Crippen molar-refractivity contribution in [2.75, 3.05) is 7.11 Å². The van der Waals surface area contributed by atoms with E-state index in [-0.39, 0.29) is 18.2 Å². The van der Waals surface area contributed by atoms with Crippen LogP contribution in [0, 0.1) is 10.1 Å². The Morgan fingerprint density at radius 3 is 2.28 bits per heavy atom. The first-order chi connectivity index (χ1) is 15.4. The monoisotopic (exact) mass is 561 g/mol. The number of nitrogens with one attached hydrogen (secondary N) is 1. The summed E-state index contributed by atoms with van der Waals surface area (Å²) in [4.78, 5) is 22.5. The van der Waals surface area contributed by atoms with Crippen LogP contribution in [-0.4, -0.2) is 24.2 Å². The predicted octanol–water partition coefficient (Wildman–Crippen LogP) is 5.47. The number of amides is 1. The average molecular weight is 563 g/mol. The molecule has 0 aliphatic rings. The number of carbonyl (C=O) groups excluding carboxylic acids is 1. The molecule has 3 aromatic rings. The zero-order valence-corrected chi connectivity index (χ0v) is 19.9. The molecule has 0 aliphatic heterocycles. The van der Waals surface area contributed by atoms with Crippen molar-refractivity contribution in [3.63, 3.8) is 0 Å². The predicted molar refractivity (Wildman–Crippen MR) is 127 cm³/mol. The van der Waals surface area contributed by atoms with Crippen molar-refractivity contribution in [3.8, 4) is 11.5 Å². The maximum Gasteiger partial charge on any atom is 0.271 e. The summed E-state index contributed by atoms with van der Waals surface area (Å²) in [6.07, 6.45) is 1.51. The topological polar surface area (TPSA) is 103 Å². The molecule has 10 heteroatoms. The summed E-state index contributed by atoms with van der Waals surface area (Å²) in [5.41, 5.74) is 4.48. The lowest BCUT2D eigenvalue weighted by Crippen LogP contribution is -2.17. The second-order valence-electron chi connectivity index (χ2n) is 6.45. The Morgan fingerprint density at radius 1 is 1.09 bits per heavy atom. The quantitative estimate of drug-likeness (QED) is 0.223. The van der Waals surface area contributed by atoms with E-state index in [1.54, 1.807) is 55.6 Å². The van der Waals surface area contributed by atoms with Gasteiger partial charge in [0.2, 0.25) is 0 Å². The van der Waals surface area contributed by atoms with Gasteiger partial charge in [0.25, 0.3) is 11.6 Å². The number of halogens is 2. The first-order valence-corrected chi connectivity index (χ1v) is 10.8. The van der Waals surface area contributed by atoms with Crippen LogP contribution in [0.4, 0.5) is 5.69 Å². The molecular formula is C22H17Br2N3O5. The molecular weight excluding hydrogens is 546 g/mol. The molecule has 0 aliphatic carbocycles. The van der Waals surface area contributed by atoms with Gasteiger partial charge in [-0.15, -0.1) is 0 Å². The molecule has 0 saturated heterocycles. The van der Waals surface area contributed by atoms with Crippen LogP contribution in [0.15, 0.2) is 74.7 Å². The number of methoxy groups -OCH3 is 1. The third-order valence-electron chi connectivity index (χ3n) is 4.28. The summed E-state index contributed by atoms with van der Waals surface area (Å²) in [5, 5.41) is 14.7. The molecule has 0 bridgehead atoms. The van der Waals surface area contributed by atoms with Crippen molar-refractivity contribution in [1.82, 2.24) is 5.43 Å². The lowest BCUT2D eigenvalue weighted by molar-refractivity contribution is -0.384. The van der Waals surface area contributed by atoms with Crippen LogP contribution in [0.3, 0.4) is 0 Å². The molecule has 8 nitrogen and oxygen atoms in total. The fraction of sp³-hybridized carbons (Fsp3) is 0.0909. The Labute approximate surface area is 200 Å². The molecule has 164 valence electrons. The van der Waals surface area contributed by atoms with E-state index in [2.05, 4.69) is 42.4 Å². The summed E-state index contributed by atoms with van der Waals surface area (Å²) >= 11 is 6.94. The van der Waals surface area contributed by atoms with E-state index >= 15 is 0 Å². The first-order valence-electron chi connectivity index (χ1n) is 9.20. The minimum absolute atomic E-state index is 0.0267. The number of non-ortho nitro benzene ring substituents is 1. The highest BCUT2D eigenvalue weighted by molar-refractivity contribution is 9.11. The van der Waals surface area contributed by atoms with Gasteiger partial charge in [-0.3, -0.25) is 14.9 Å². The van der Waals surface area contributed by atoms with E-state index in [0.29, 0.717) is 26.0 Å². The summed E-state index contributed by atoms with van der Waals surface area (Å²) < 4.78 is 12.3. The third kappa shape index (κ3) is 6.14. The largest absolute Gasteiger partial charge is 0.497 e. The van der Waals surface area contributed by atoms with E-state index in [0.717, 1.165) is 11.1 Å². The number of ether oxygens (including phenoxy) is 2. The fourth-order valence-corrected chi connectivity index (χ4v) is 4.08. The highest BCUT2D eigenvalue weighted by atomic mass is 79.9. The van der Waals surface area contributed by atoms with Gasteiger partial charge in [0.15, 0.2) is 0 Å². The summed E-state index contributed by atoms with van der Waals surface area (Å²) in [6.45, 7) is 0.237. The minimum atomic E-state index is -0.447. The number of benzene rings is 3. The molecule has 32 heavy (non-hydrogen) atoms. The molecule has 0 fully saturated rings. The van der Waals surface area contributed by atoms with E-state index < -0.39 is 4.92 Å². The maximum absolute atomic E-state index is 12.2. The van der Waals surface area contributed by atoms with Gasteiger partial charge in [-0.1, -0.05) is 0 Å². The Morgan fingerprint density at radius 2 is 1.72 bits per heavy atom. The zero-order chi connectivity index (χ0) is 23.1. The van der Waals surface area contributed by atoms with Gasteiger partial charge in [-0.2, -0.15) is 5.10 Å². The molecule has 3 rings (SSSR count). The zero-order valence-electron chi connectivity index (χ0n) is 16.7. The van der Waals surface area contributed by atoms with E-state index in [4.69, 9.17) is 9.47 Å². The lowest BCUT2D eigenvalue weighted by Gasteiger charge is -2.11. The van der Waals surface area contributed by atoms with Crippen LogP contribution in [-0.2, 0) is 6.61 Å². The fourth-order valence-electron chi connectivity index (χ4n) is 2.63. The number of hydrogen-bond acceptors (Lipinski definition) is 6. The van der Waals surface area contributed by atoms with Crippen molar-refractivity contribution in [2.24, 2.45) is 5.10 Å². The van der Waals surface area contributed by atoms with Gasteiger partial charge < -0.3 is 9.47 Å². The van der Waals surface area contributed by atoms with Crippen LogP contribution in [0.5, 0.6) is 11.5 Å². The van der Waals surface area contributed by atoms with Crippen LogP contribution >= 0.6 is 31.9 Å². The van der Waals surface area contributed by atoms with Crippen LogP contribution in [0.1, 0.15) is 21.5 Å². The Balaban J connectivity index is 1.61. The number of nitrogens with zero attached hydrogens (tertiary/aromatic N) is 2. The molecule has 3 aromatic carbocycles. The van der Waals surface area contributed by atoms with E-state index in [1.807, 2.05) is 0 Å².